The first-order valence-electron chi connectivity index (χ1n) is 11.5. The number of para-hydroxylation sites is 1. The quantitative estimate of drug-likeness (QED) is 0.424. The lowest BCUT2D eigenvalue weighted by Gasteiger charge is -2.34. The first kappa shape index (κ1) is 23.8. The third kappa shape index (κ3) is 4.54. The number of rotatable bonds is 8. The number of nitrogens with one attached hydrogen (secondary N) is 1. The Kier molecular flexibility index (Phi) is 7.13. The summed E-state index contributed by atoms with van der Waals surface area (Å²) in [5.41, 5.74) is 4.07. The molecule has 1 aliphatic heterocycles. The van der Waals surface area contributed by atoms with Gasteiger partial charge in [-0.3, -0.25) is 9.59 Å². The van der Waals surface area contributed by atoms with E-state index in [1.165, 1.54) is 0 Å². The third-order valence-electron chi connectivity index (χ3n) is 6.28. The van der Waals surface area contributed by atoms with E-state index in [-0.39, 0.29) is 5.92 Å². The Morgan fingerprint density at radius 1 is 1.03 bits per heavy atom. The normalized spacial score (nSPS) is 16.1. The highest BCUT2D eigenvalue weighted by molar-refractivity contribution is 6.35. The zero-order valence-corrected chi connectivity index (χ0v) is 20.8. The molecule has 0 aromatic heterocycles. The van der Waals surface area contributed by atoms with E-state index < -0.39 is 10.9 Å². The van der Waals surface area contributed by atoms with Gasteiger partial charge < -0.3 is 15.1 Å². The largest absolute Gasteiger partial charge is 0.366 e. The van der Waals surface area contributed by atoms with E-state index in [1.807, 2.05) is 29.2 Å². The van der Waals surface area contributed by atoms with Gasteiger partial charge in [-0.25, -0.2) is 0 Å². The van der Waals surface area contributed by atoms with Gasteiger partial charge >= 0.3 is 0 Å². The molecule has 0 radical (unpaired) electrons. The monoisotopic (exact) mass is 485 g/mol. The summed E-state index contributed by atoms with van der Waals surface area (Å²) in [6.07, 6.45) is 1.81. The van der Waals surface area contributed by atoms with Gasteiger partial charge in [0.15, 0.2) is 0 Å². The Bertz CT molecular complexity index is 1230. The predicted molar refractivity (Wildman–Crippen MR) is 139 cm³/mol. The molecule has 3 aromatic rings. The Hall–Kier alpha value is -2.34. The summed E-state index contributed by atoms with van der Waals surface area (Å²) in [6, 6.07) is 11.7. The highest BCUT2D eigenvalue weighted by atomic mass is 35.5. The van der Waals surface area contributed by atoms with Gasteiger partial charge in [-0.15, -0.1) is 0 Å². The fourth-order valence-corrected chi connectivity index (χ4v) is 5.40. The van der Waals surface area contributed by atoms with Crippen LogP contribution in [0.1, 0.15) is 49.3 Å². The van der Waals surface area contributed by atoms with E-state index in [1.54, 1.807) is 6.07 Å². The van der Waals surface area contributed by atoms with Crippen molar-refractivity contribution in [1.29, 1.82) is 0 Å². The summed E-state index contributed by atoms with van der Waals surface area (Å²) in [7, 11) is 2.07. The van der Waals surface area contributed by atoms with Crippen LogP contribution in [0.15, 0.2) is 46.0 Å². The van der Waals surface area contributed by atoms with Crippen molar-refractivity contribution in [1.82, 2.24) is 4.90 Å². The summed E-state index contributed by atoms with van der Waals surface area (Å²) < 4.78 is 0. The van der Waals surface area contributed by atoms with Gasteiger partial charge in [-0.05, 0) is 54.8 Å². The lowest BCUT2D eigenvalue weighted by atomic mass is 9.84. The summed E-state index contributed by atoms with van der Waals surface area (Å²) in [5.74, 6) is 0.0240. The van der Waals surface area contributed by atoms with Crippen LogP contribution >= 0.6 is 23.2 Å². The molecular weight excluding hydrogens is 457 g/mol. The number of likely N-dealkylation sites (N-methyl/N-ethyl adjacent to an activating group) is 1. The SMILES string of the molecule is CCCN(CCC)c1c(Nc2ccccc2[C@@H]2CN(C)Cc3c(Cl)cc(Cl)cc32)c(=O)c1=O. The molecular formula is C26H29Cl2N3O2. The maximum atomic E-state index is 12.6. The molecule has 0 bridgehead atoms. The fraction of sp³-hybridized carbons (Fsp3) is 0.385. The molecule has 0 amide bonds. The second-order valence-corrected chi connectivity index (χ2v) is 9.63. The van der Waals surface area contributed by atoms with Crippen LogP contribution in [-0.2, 0) is 6.54 Å². The Balaban J connectivity index is 1.76. The number of nitrogens with zero attached hydrogens (tertiary/aromatic N) is 2. The standard InChI is InChI=1S/C26H29Cl2N3O2/c1-4-10-31(11-5-2)24-23(25(32)26(24)33)29-22-9-7-6-8-17(22)19-14-30(3)15-20-18(19)12-16(27)13-21(20)28/h6-9,12-13,19,29H,4-5,10-11,14-15H2,1-3H3/t19-/m0/s1. The van der Waals surface area contributed by atoms with E-state index in [0.29, 0.717) is 21.4 Å². The molecule has 1 atom stereocenters. The molecule has 1 N–H and O–H groups in total. The van der Waals surface area contributed by atoms with Crippen molar-refractivity contribution in [2.75, 3.05) is 36.9 Å². The topological polar surface area (TPSA) is 52.6 Å². The number of hydrogen-bond donors (Lipinski definition) is 1. The molecule has 3 aromatic carbocycles. The van der Waals surface area contributed by atoms with E-state index in [2.05, 4.69) is 37.2 Å². The van der Waals surface area contributed by atoms with Gasteiger partial charge in [0.1, 0.15) is 11.4 Å². The molecule has 0 saturated heterocycles. The molecule has 0 unspecified atom stereocenters. The molecule has 5 nitrogen and oxygen atoms in total. The molecule has 0 saturated carbocycles. The second-order valence-electron chi connectivity index (χ2n) is 8.79. The number of hydrogen-bond acceptors (Lipinski definition) is 5. The van der Waals surface area contributed by atoms with E-state index in [9.17, 15) is 9.59 Å². The van der Waals surface area contributed by atoms with Crippen molar-refractivity contribution in [3.05, 3.63) is 83.6 Å². The molecule has 7 heteroatoms. The van der Waals surface area contributed by atoms with Gasteiger partial charge in [-0.2, -0.15) is 0 Å². The van der Waals surface area contributed by atoms with Crippen LogP contribution in [0.25, 0.3) is 0 Å². The van der Waals surface area contributed by atoms with Crippen LogP contribution in [0.5, 0.6) is 0 Å². The molecule has 1 aliphatic rings. The predicted octanol–water partition coefficient (Wildman–Crippen LogP) is 5.54. The maximum Gasteiger partial charge on any atom is 0.253 e. The Labute approximate surface area is 204 Å². The van der Waals surface area contributed by atoms with E-state index >= 15 is 0 Å². The summed E-state index contributed by atoms with van der Waals surface area (Å²) in [6.45, 7) is 7.18. The highest BCUT2D eigenvalue weighted by Gasteiger charge is 2.30. The molecule has 174 valence electrons. The van der Waals surface area contributed by atoms with Crippen molar-refractivity contribution in [2.45, 2.75) is 39.2 Å². The molecule has 4 rings (SSSR count). The third-order valence-corrected chi connectivity index (χ3v) is 6.83. The minimum absolute atomic E-state index is 0.0240. The van der Waals surface area contributed by atoms with Crippen LogP contribution in [-0.4, -0.2) is 31.6 Å². The van der Waals surface area contributed by atoms with Crippen LogP contribution in [0.3, 0.4) is 0 Å². The van der Waals surface area contributed by atoms with Crippen molar-refractivity contribution in [3.8, 4) is 0 Å². The van der Waals surface area contributed by atoms with Gasteiger partial charge in [0.2, 0.25) is 0 Å². The zero-order valence-electron chi connectivity index (χ0n) is 19.3. The smallest absolute Gasteiger partial charge is 0.253 e. The van der Waals surface area contributed by atoms with Gasteiger partial charge in [0.05, 0.1) is 0 Å². The number of benzene rings is 2. The lowest BCUT2D eigenvalue weighted by Crippen LogP contribution is -2.43. The second kappa shape index (κ2) is 9.88. The summed E-state index contributed by atoms with van der Waals surface area (Å²) >= 11 is 12.9. The van der Waals surface area contributed by atoms with Crippen LogP contribution in [0.4, 0.5) is 17.1 Å². The fourth-order valence-electron chi connectivity index (χ4n) is 4.83. The first-order valence-corrected chi connectivity index (χ1v) is 12.2. The number of fused-ring (bicyclic) bond motifs is 1. The average Bonchev–Trinajstić information content (AvgIpc) is 2.79. The van der Waals surface area contributed by atoms with Crippen molar-refractivity contribution in [3.63, 3.8) is 0 Å². The van der Waals surface area contributed by atoms with Gasteiger partial charge in [0, 0.05) is 47.8 Å². The van der Waals surface area contributed by atoms with Crippen molar-refractivity contribution >= 4 is 40.3 Å². The van der Waals surface area contributed by atoms with Crippen molar-refractivity contribution < 1.29 is 0 Å². The average molecular weight is 486 g/mol. The Morgan fingerprint density at radius 3 is 2.42 bits per heavy atom. The number of anilines is 3. The lowest BCUT2D eigenvalue weighted by molar-refractivity contribution is 0.295. The number of halogens is 2. The van der Waals surface area contributed by atoms with Crippen molar-refractivity contribution in [2.24, 2.45) is 0 Å². The Morgan fingerprint density at radius 2 is 1.73 bits per heavy atom. The minimum Gasteiger partial charge on any atom is -0.366 e. The molecule has 0 aliphatic carbocycles. The summed E-state index contributed by atoms with van der Waals surface area (Å²) in [5, 5.41) is 4.61. The maximum absolute atomic E-state index is 12.6. The molecule has 0 spiro atoms. The van der Waals surface area contributed by atoms with Gasteiger partial charge in [0.25, 0.3) is 10.9 Å². The first-order chi connectivity index (χ1) is 15.8. The molecule has 1 heterocycles. The minimum atomic E-state index is -0.454. The molecule has 33 heavy (non-hydrogen) atoms. The van der Waals surface area contributed by atoms with Crippen LogP contribution in [0.2, 0.25) is 10.0 Å². The highest BCUT2D eigenvalue weighted by Crippen LogP contribution is 2.41. The van der Waals surface area contributed by atoms with Crippen LogP contribution < -0.4 is 21.1 Å². The zero-order chi connectivity index (χ0) is 23.7. The van der Waals surface area contributed by atoms with Gasteiger partial charge in [-0.1, -0.05) is 55.2 Å². The van der Waals surface area contributed by atoms with Crippen LogP contribution in [0, 0.1) is 0 Å². The van der Waals surface area contributed by atoms with E-state index in [4.69, 9.17) is 23.2 Å². The van der Waals surface area contributed by atoms with E-state index in [0.717, 1.165) is 61.4 Å². The molecule has 0 fully saturated rings. The summed E-state index contributed by atoms with van der Waals surface area (Å²) in [4.78, 5) is 29.3.